The molecular weight excluding hydrogens is 398 g/mol. The van der Waals surface area contributed by atoms with Gasteiger partial charge >= 0.3 is 0 Å². The summed E-state index contributed by atoms with van der Waals surface area (Å²) in [7, 11) is 0. The molecule has 0 aromatic heterocycles. The minimum atomic E-state index is 0.624. The molecule has 0 fully saturated rings. The summed E-state index contributed by atoms with van der Waals surface area (Å²) in [6.07, 6.45) is 14.0. The van der Waals surface area contributed by atoms with E-state index >= 15 is 0 Å². The van der Waals surface area contributed by atoms with Gasteiger partial charge in [-0.1, -0.05) is 51.5 Å². The summed E-state index contributed by atoms with van der Waals surface area (Å²) < 4.78 is 17.0. The molecule has 2 aromatic carbocycles. The second kappa shape index (κ2) is 14.5. The number of benzene rings is 2. The number of rotatable bonds is 14. The monoisotopic (exact) mass is 435 g/mol. The van der Waals surface area contributed by atoms with Crippen molar-refractivity contribution in [2.45, 2.75) is 58.3 Å². The fraction of sp³-hybridized carbons (Fsp3) is 0.464. The van der Waals surface area contributed by atoms with Crippen molar-refractivity contribution in [3.8, 4) is 11.5 Å². The van der Waals surface area contributed by atoms with E-state index in [0.717, 1.165) is 48.8 Å². The molecule has 1 heterocycles. The first-order chi connectivity index (χ1) is 15.8. The average molecular weight is 436 g/mol. The summed E-state index contributed by atoms with van der Waals surface area (Å²) in [5, 5.41) is 0. The van der Waals surface area contributed by atoms with Crippen LogP contribution < -0.4 is 9.47 Å². The summed E-state index contributed by atoms with van der Waals surface area (Å²) in [4.78, 5) is 4.57. The van der Waals surface area contributed by atoms with E-state index in [0.29, 0.717) is 13.2 Å². The van der Waals surface area contributed by atoms with Gasteiger partial charge in [0.25, 0.3) is 0 Å². The molecule has 172 valence electrons. The summed E-state index contributed by atoms with van der Waals surface area (Å²) in [6.45, 7) is 5.15. The third-order valence-electron chi connectivity index (χ3n) is 5.58. The lowest BCUT2D eigenvalue weighted by atomic mass is 10.1. The molecule has 2 aromatic rings. The Hall–Kier alpha value is -2.59. The Labute approximate surface area is 193 Å². The van der Waals surface area contributed by atoms with Gasteiger partial charge in [-0.25, -0.2) is 0 Å². The quantitative estimate of drug-likeness (QED) is 0.178. The third-order valence-corrected chi connectivity index (χ3v) is 5.58. The van der Waals surface area contributed by atoms with E-state index in [-0.39, 0.29) is 0 Å². The maximum absolute atomic E-state index is 5.86. The Morgan fingerprint density at radius 1 is 0.844 bits per heavy atom. The molecule has 1 aliphatic heterocycles. The first-order valence-electron chi connectivity index (χ1n) is 12.1. The van der Waals surface area contributed by atoms with Crippen molar-refractivity contribution in [2.24, 2.45) is 4.99 Å². The van der Waals surface area contributed by atoms with Crippen molar-refractivity contribution in [3.05, 3.63) is 65.7 Å². The highest BCUT2D eigenvalue weighted by Gasteiger charge is 2.04. The Morgan fingerprint density at radius 3 is 2.25 bits per heavy atom. The predicted molar refractivity (Wildman–Crippen MR) is 133 cm³/mol. The summed E-state index contributed by atoms with van der Waals surface area (Å²) >= 11 is 0. The van der Waals surface area contributed by atoms with Gasteiger partial charge in [0, 0.05) is 6.21 Å². The summed E-state index contributed by atoms with van der Waals surface area (Å²) in [5.74, 6) is 1.79. The van der Waals surface area contributed by atoms with E-state index in [9.17, 15) is 0 Å². The standard InChI is InChI=1S/C28H37NO3/c1-2-3-4-5-6-7-8-19-31-27-13-9-24(10-14-27)22-29-26-11-15-28(16-12-26)32-23-25-17-20-30-21-18-25/h9-17,22H,2-8,18-21,23H2,1H3. The lowest BCUT2D eigenvalue weighted by Gasteiger charge is -2.14. The van der Waals surface area contributed by atoms with Gasteiger partial charge < -0.3 is 14.2 Å². The van der Waals surface area contributed by atoms with E-state index in [1.807, 2.05) is 54.7 Å². The lowest BCUT2D eigenvalue weighted by Crippen LogP contribution is -2.10. The van der Waals surface area contributed by atoms with Crippen molar-refractivity contribution in [3.63, 3.8) is 0 Å². The van der Waals surface area contributed by atoms with Crippen LogP contribution in [0.4, 0.5) is 5.69 Å². The fourth-order valence-electron chi connectivity index (χ4n) is 3.55. The Morgan fingerprint density at radius 2 is 1.53 bits per heavy atom. The van der Waals surface area contributed by atoms with E-state index in [1.54, 1.807) is 0 Å². The van der Waals surface area contributed by atoms with Crippen LogP contribution in [0.25, 0.3) is 0 Å². The van der Waals surface area contributed by atoms with Crippen LogP contribution in [0.15, 0.2) is 65.2 Å². The molecule has 3 rings (SSSR count). The first-order valence-corrected chi connectivity index (χ1v) is 12.1. The van der Waals surface area contributed by atoms with Crippen LogP contribution in [-0.2, 0) is 4.74 Å². The van der Waals surface area contributed by atoms with Crippen LogP contribution in [0, 0.1) is 0 Å². The van der Waals surface area contributed by atoms with Crippen molar-refractivity contribution in [1.82, 2.24) is 0 Å². The van der Waals surface area contributed by atoms with E-state index in [2.05, 4.69) is 18.0 Å². The Bertz CT molecular complexity index is 825. The molecule has 0 bridgehead atoms. The molecule has 0 atom stereocenters. The van der Waals surface area contributed by atoms with Gasteiger partial charge in [-0.15, -0.1) is 0 Å². The molecule has 0 saturated carbocycles. The Kier molecular flexibility index (Phi) is 10.9. The average Bonchev–Trinajstić information content (AvgIpc) is 2.85. The summed E-state index contributed by atoms with van der Waals surface area (Å²) in [5.41, 5.74) is 3.26. The second-order valence-corrected chi connectivity index (χ2v) is 8.27. The molecule has 1 aliphatic rings. The van der Waals surface area contributed by atoms with Crippen LogP contribution >= 0.6 is 0 Å². The smallest absolute Gasteiger partial charge is 0.119 e. The van der Waals surface area contributed by atoms with E-state index in [1.165, 1.54) is 44.1 Å². The molecule has 0 amide bonds. The number of unbranched alkanes of at least 4 members (excludes halogenated alkanes) is 6. The highest BCUT2D eigenvalue weighted by Crippen LogP contribution is 2.20. The number of hydrogen-bond acceptors (Lipinski definition) is 4. The maximum atomic E-state index is 5.86. The zero-order valence-corrected chi connectivity index (χ0v) is 19.4. The number of nitrogens with zero attached hydrogens (tertiary/aromatic N) is 1. The molecule has 0 radical (unpaired) electrons. The lowest BCUT2D eigenvalue weighted by molar-refractivity contribution is 0.150. The second-order valence-electron chi connectivity index (χ2n) is 8.27. The largest absolute Gasteiger partial charge is 0.494 e. The molecule has 0 N–H and O–H groups in total. The van der Waals surface area contributed by atoms with Crippen LogP contribution in [0.3, 0.4) is 0 Å². The zero-order valence-electron chi connectivity index (χ0n) is 19.4. The maximum Gasteiger partial charge on any atom is 0.119 e. The molecular formula is C28H37NO3. The molecule has 0 aliphatic carbocycles. The van der Waals surface area contributed by atoms with E-state index in [4.69, 9.17) is 14.2 Å². The number of aliphatic imine (C=N–C) groups is 1. The minimum Gasteiger partial charge on any atom is -0.494 e. The first kappa shape index (κ1) is 24.1. The normalized spacial score (nSPS) is 13.8. The molecule has 0 saturated heterocycles. The molecule has 0 unspecified atom stereocenters. The van der Waals surface area contributed by atoms with Gasteiger partial charge in [0.2, 0.25) is 0 Å². The van der Waals surface area contributed by atoms with Crippen molar-refractivity contribution < 1.29 is 14.2 Å². The molecule has 0 spiro atoms. The van der Waals surface area contributed by atoms with Crippen LogP contribution in [0.1, 0.15) is 63.9 Å². The SMILES string of the molecule is CCCCCCCCCOc1ccc(C=Nc2ccc(OCC3=CCOCC3)cc2)cc1. The predicted octanol–water partition coefficient (Wildman–Crippen LogP) is 7.29. The Balaban J connectivity index is 1.35. The highest BCUT2D eigenvalue weighted by molar-refractivity contribution is 5.82. The third kappa shape index (κ3) is 9.27. The summed E-state index contributed by atoms with van der Waals surface area (Å²) in [6, 6.07) is 16.0. The van der Waals surface area contributed by atoms with Gasteiger partial charge in [-0.05, 0) is 72.5 Å². The van der Waals surface area contributed by atoms with Crippen LogP contribution in [-0.4, -0.2) is 32.6 Å². The van der Waals surface area contributed by atoms with Crippen molar-refractivity contribution in [1.29, 1.82) is 0 Å². The van der Waals surface area contributed by atoms with Crippen molar-refractivity contribution in [2.75, 3.05) is 26.4 Å². The van der Waals surface area contributed by atoms with Crippen molar-refractivity contribution >= 4 is 11.9 Å². The zero-order chi connectivity index (χ0) is 22.3. The van der Waals surface area contributed by atoms with Gasteiger partial charge in [-0.3, -0.25) is 4.99 Å². The minimum absolute atomic E-state index is 0.624. The molecule has 4 nitrogen and oxygen atoms in total. The van der Waals surface area contributed by atoms with Gasteiger partial charge in [0.1, 0.15) is 18.1 Å². The van der Waals surface area contributed by atoms with Crippen LogP contribution in [0.2, 0.25) is 0 Å². The fourth-order valence-corrected chi connectivity index (χ4v) is 3.55. The van der Waals surface area contributed by atoms with E-state index < -0.39 is 0 Å². The van der Waals surface area contributed by atoms with Gasteiger partial charge in [0.15, 0.2) is 0 Å². The molecule has 32 heavy (non-hydrogen) atoms. The number of hydrogen-bond donors (Lipinski definition) is 0. The van der Waals surface area contributed by atoms with Crippen LogP contribution in [0.5, 0.6) is 11.5 Å². The topological polar surface area (TPSA) is 40.0 Å². The molecule has 4 heteroatoms. The number of ether oxygens (including phenoxy) is 3. The van der Waals surface area contributed by atoms with Gasteiger partial charge in [-0.2, -0.15) is 0 Å². The highest BCUT2D eigenvalue weighted by atomic mass is 16.5. The van der Waals surface area contributed by atoms with Gasteiger partial charge in [0.05, 0.1) is 25.5 Å².